The first-order valence-corrected chi connectivity index (χ1v) is 10.2. The topological polar surface area (TPSA) is 67.7 Å². The standard InChI is InChI=1S/C21H28N4O3/c1-3-15-13-24(14-18(15)23-9-11-28-12-10-23)21(27)19-20(26)16-7-5-6-8-17(16)25(4-2)22-19/h5-8,15,18H,3-4,9-14H2,1-2H3. The Hall–Kier alpha value is -2.25. The second-order valence-electron chi connectivity index (χ2n) is 7.60. The third-order valence-corrected chi connectivity index (χ3v) is 6.10. The third-order valence-electron chi connectivity index (χ3n) is 6.10. The molecule has 2 atom stereocenters. The van der Waals surface area contributed by atoms with Crippen LogP contribution in [-0.2, 0) is 11.3 Å². The van der Waals surface area contributed by atoms with Crippen LogP contribution in [0.1, 0.15) is 30.8 Å². The first-order valence-electron chi connectivity index (χ1n) is 10.2. The average molecular weight is 384 g/mol. The fourth-order valence-corrected chi connectivity index (χ4v) is 4.51. The molecule has 1 amide bonds. The molecule has 7 nitrogen and oxygen atoms in total. The van der Waals surface area contributed by atoms with Gasteiger partial charge in [-0.1, -0.05) is 25.5 Å². The molecule has 2 aliphatic heterocycles. The summed E-state index contributed by atoms with van der Waals surface area (Å²) in [6.07, 6.45) is 1.01. The van der Waals surface area contributed by atoms with Crippen molar-refractivity contribution in [3.63, 3.8) is 0 Å². The van der Waals surface area contributed by atoms with E-state index in [4.69, 9.17) is 4.74 Å². The minimum Gasteiger partial charge on any atom is -0.379 e. The first kappa shape index (κ1) is 19.1. The van der Waals surface area contributed by atoms with Crippen LogP contribution in [0.2, 0.25) is 0 Å². The molecule has 7 heteroatoms. The molecule has 1 aromatic heterocycles. The zero-order valence-electron chi connectivity index (χ0n) is 16.6. The zero-order valence-corrected chi connectivity index (χ0v) is 16.6. The fourth-order valence-electron chi connectivity index (χ4n) is 4.51. The number of fused-ring (bicyclic) bond motifs is 1. The summed E-state index contributed by atoms with van der Waals surface area (Å²) in [6, 6.07) is 7.69. The number of hydrogen-bond donors (Lipinski definition) is 0. The number of ether oxygens (including phenoxy) is 1. The number of likely N-dealkylation sites (tertiary alicyclic amines) is 1. The van der Waals surface area contributed by atoms with Crippen LogP contribution < -0.4 is 5.43 Å². The van der Waals surface area contributed by atoms with E-state index in [-0.39, 0.29) is 17.0 Å². The molecule has 2 saturated heterocycles. The van der Waals surface area contributed by atoms with Gasteiger partial charge in [0.1, 0.15) is 0 Å². The van der Waals surface area contributed by atoms with Crippen LogP contribution in [0, 0.1) is 5.92 Å². The second kappa shape index (κ2) is 8.01. The molecular formula is C21H28N4O3. The molecular weight excluding hydrogens is 356 g/mol. The SMILES string of the molecule is CCC1CN(C(=O)c2nn(CC)c3ccccc3c2=O)CC1N1CCOCC1. The van der Waals surface area contributed by atoms with E-state index in [0.29, 0.717) is 37.0 Å². The van der Waals surface area contributed by atoms with Crippen LogP contribution in [0.15, 0.2) is 29.1 Å². The summed E-state index contributed by atoms with van der Waals surface area (Å²) < 4.78 is 7.22. The number of para-hydroxylation sites is 1. The van der Waals surface area contributed by atoms with E-state index >= 15 is 0 Å². The highest BCUT2D eigenvalue weighted by Crippen LogP contribution is 2.26. The number of nitrogens with zero attached hydrogens (tertiary/aromatic N) is 4. The van der Waals surface area contributed by atoms with Gasteiger partial charge in [0.25, 0.3) is 5.91 Å². The quantitative estimate of drug-likeness (QED) is 0.801. The van der Waals surface area contributed by atoms with Gasteiger partial charge in [-0.2, -0.15) is 5.10 Å². The van der Waals surface area contributed by atoms with Gasteiger partial charge in [-0.3, -0.25) is 19.2 Å². The van der Waals surface area contributed by atoms with Crippen molar-refractivity contribution in [3.8, 4) is 0 Å². The third kappa shape index (κ3) is 3.33. The summed E-state index contributed by atoms with van der Waals surface area (Å²) >= 11 is 0. The number of hydrogen-bond acceptors (Lipinski definition) is 5. The second-order valence-corrected chi connectivity index (χ2v) is 7.60. The van der Waals surface area contributed by atoms with Crippen molar-refractivity contribution in [1.29, 1.82) is 0 Å². The number of rotatable bonds is 4. The number of carbonyl (C=O) groups excluding carboxylic acids is 1. The molecule has 0 aliphatic carbocycles. The van der Waals surface area contributed by atoms with E-state index in [0.717, 1.165) is 38.2 Å². The minimum absolute atomic E-state index is 0.0398. The van der Waals surface area contributed by atoms with Crippen LogP contribution in [0.3, 0.4) is 0 Å². The minimum atomic E-state index is -0.270. The van der Waals surface area contributed by atoms with Crippen LogP contribution in [0.4, 0.5) is 0 Å². The Bertz CT molecular complexity index is 919. The molecule has 2 fully saturated rings. The normalized spacial score (nSPS) is 23.4. The number of morpholine rings is 1. The van der Waals surface area contributed by atoms with Gasteiger partial charge in [0.15, 0.2) is 5.69 Å². The first-order chi connectivity index (χ1) is 13.6. The van der Waals surface area contributed by atoms with E-state index in [2.05, 4.69) is 16.9 Å². The molecule has 1 aromatic carbocycles. The number of benzene rings is 1. The fraction of sp³-hybridized carbons (Fsp3) is 0.571. The van der Waals surface area contributed by atoms with E-state index in [1.807, 2.05) is 30.0 Å². The molecule has 0 bridgehead atoms. The maximum Gasteiger partial charge on any atom is 0.278 e. The molecule has 0 spiro atoms. The Morgan fingerprint density at radius 2 is 1.93 bits per heavy atom. The molecule has 0 saturated carbocycles. The van der Waals surface area contributed by atoms with E-state index in [1.54, 1.807) is 10.7 Å². The maximum absolute atomic E-state index is 13.3. The van der Waals surface area contributed by atoms with Gasteiger partial charge in [-0.05, 0) is 25.0 Å². The van der Waals surface area contributed by atoms with Crippen LogP contribution in [0.25, 0.3) is 10.9 Å². The molecule has 0 radical (unpaired) electrons. The van der Waals surface area contributed by atoms with Crippen molar-refractivity contribution in [2.75, 3.05) is 39.4 Å². The van der Waals surface area contributed by atoms with Gasteiger partial charge >= 0.3 is 0 Å². The molecule has 3 heterocycles. The van der Waals surface area contributed by atoms with Gasteiger partial charge in [-0.25, -0.2) is 0 Å². The molecule has 0 N–H and O–H groups in total. The molecule has 2 unspecified atom stereocenters. The van der Waals surface area contributed by atoms with Crippen LogP contribution in [-0.4, -0.2) is 70.9 Å². The summed E-state index contributed by atoms with van der Waals surface area (Å²) in [7, 11) is 0. The lowest BCUT2D eigenvalue weighted by Gasteiger charge is -2.34. The number of aryl methyl sites for hydroxylation is 1. The predicted molar refractivity (Wildman–Crippen MR) is 108 cm³/mol. The maximum atomic E-state index is 13.3. The Morgan fingerprint density at radius 1 is 1.18 bits per heavy atom. The monoisotopic (exact) mass is 384 g/mol. The molecule has 2 aliphatic rings. The van der Waals surface area contributed by atoms with Crippen molar-refractivity contribution in [2.24, 2.45) is 5.92 Å². The Kier molecular flexibility index (Phi) is 5.46. The summed E-state index contributed by atoms with van der Waals surface area (Å²) in [4.78, 5) is 30.5. The highest BCUT2D eigenvalue weighted by molar-refractivity contribution is 5.95. The molecule has 150 valence electrons. The van der Waals surface area contributed by atoms with Crippen LogP contribution in [0.5, 0.6) is 0 Å². The largest absolute Gasteiger partial charge is 0.379 e. The Balaban J connectivity index is 1.64. The van der Waals surface area contributed by atoms with E-state index in [1.165, 1.54) is 0 Å². The molecule has 4 rings (SSSR count). The Labute approximate surface area is 164 Å². The van der Waals surface area contributed by atoms with Crippen molar-refractivity contribution >= 4 is 16.8 Å². The lowest BCUT2D eigenvalue weighted by atomic mass is 9.99. The smallest absolute Gasteiger partial charge is 0.278 e. The summed E-state index contributed by atoms with van der Waals surface area (Å²) in [5.74, 6) is 0.170. The summed E-state index contributed by atoms with van der Waals surface area (Å²) in [6.45, 7) is 9.37. The summed E-state index contributed by atoms with van der Waals surface area (Å²) in [5, 5.41) is 4.99. The average Bonchev–Trinajstić information content (AvgIpc) is 3.19. The predicted octanol–water partition coefficient (Wildman–Crippen LogP) is 1.60. The van der Waals surface area contributed by atoms with Gasteiger partial charge in [0.05, 0.1) is 18.7 Å². The summed E-state index contributed by atoms with van der Waals surface area (Å²) in [5.41, 5.74) is 0.539. The number of carbonyl (C=O) groups is 1. The van der Waals surface area contributed by atoms with Crippen molar-refractivity contribution < 1.29 is 9.53 Å². The van der Waals surface area contributed by atoms with E-state index < -0.39 is 0 Å². The van der Waals surface area contributed by atoms with Gasteiger partial charge in [-0.15, -0.1) is 0 Å². The van der Waals surface area contributed by atoms with Crippen molar-refractivity contribution in [1.82, 2.24) is 19.6 Å². The van der Waals surface area contributed by atoms with Gasteiger partial charge in [0, 0.05) is 44.2 Å². The highest BCUT2D eigenvalue weighted by Gasteiger charge is 2.39. The van der Waals surface area contributed by atoms with Gasteiger partial charge < -0.3 is 9.64 Å². The van der Waals surface area contributed by atoms with Crippen LogP contribution >= 0.6 is 0 Å². The van der Waals surface area contributed by atoms with Gasteiger partial charge in [0.2, 0.25) is 5.43 Å². The Morgan fingerprint density at radius 3 is 2.64 bits per heavy atom. The molecule has 28 heavy (non-hydrogen) atoms. The van der Waals surface area contributed by atoms with E-state index in [9.17, 15) is 9.59 Å². The lowest BCUT2D eigenvalue weighted by Crippen LogP contribution is -2.47. The number of aromatic nitrogens is 2. The number of amides is 1. The zero-order chi connectivity index (χ0) is 19.7. The van der Waals surface area contributed by atoms with Crippen molar-refractivity contribution in [2.45, 2.75) is 32.9 Å². The highest BCUT2D eigenvalue weighted by atomic mass is 16.5. The molecule has 2 aromatic rings. The van der Waals surface area contributed by atoms with Crippen molar-refractivity contribution in [3.05, 3.63) is 40.2 Å². The lowest BCUT2D eigenvalue weighted by molar-refractivity contribution is 0.0102.